The lowest BCUT2D eigenvalue weighted by Gasteiger charge is -2.42. The largest absolute Gasteiger partial charge is 0.336 e. The van der Waals surface area contributed by atoms with Crippen LogP contribution >= 0.6 is 0 Å². The minimum atomic E-state index is 0.0864. The molecule has 0 radical (unpaired) electrons. The molecule has 0 aliphatic carbocycles. The van der Waals surface area contributed by atoms with Crippen molar-refractivity contribution in [1.82, 2.24) is 24.9 Å². The van der Waals surface area contributed by atoms with Gasteiger partial charge >= 0.3 is 0 Å². The fourth-order valence-corrected chi connectivity index (χ4v) is 4.29. The van der Waals surface area contributed by atoms with E-state index in [1.54, 1.807) is 6.20 Å². The summed E-state index contributed by atoms with van der Waals surface area (Å²) in [6, 6.07) is 8.86. The smallest absolute Gasteiger partial charge is 0.257 e. The molecule has 4 rings (SSSR count). The number of rotatable bonds is 3. The van der Waals surface area contributed by atoms with Crippen molar-refractivity contribution in [3.05, 3.63) is 41.6 Å². The highest BCUT2D eigenvalue weighted by molar-refractivity contribution is 5.99. The number of amides is 1. The molecule has 2 aliphatic rings. The zero-order chi connectivity index (χ0) is 18.8. The van der Waals surface area contributed by atoms with Gasteiger partial charge in [-0.05, 0) is 46.0 Å². The Morgan fingerprint density at radius 3 is 2.56 bits per heavy atom. The SMILES string of the molecule is Cc1cccc(-c2[nH]ncc2C(=O)N2CCN(C3CCN(C)CC3)CC2)c1. The number of piperidine rings is 1. The monoisotopic (exact) mass is 367 g/mol. The molecule has 2 aromatic rings. The van der Waals surface area contributed by atoms with Crippen LogP contribution < -0.4 is 0 Å². The highest BCUT2D eigenvalue weighted by Gasteiger charge is 2.29. The van der Waals surface area contributed by atoms with E-state index in [0.717, 1.165) is 37.4 Å². The van der Waals surface area contributed by atoms with Gasteiger partial charge in [-0.2, -0.15) is 5.10 Å². The predicted octanol–water partition coefficient (Wildman–Crippen LogP) is 2.24. The molecule has 2 saturated heterocycles. The van der Waals surface area contributed by atoms with E-state index in [9.17, 15) is 4.79 Å². The number of piperazine rings is 1. The number of nitrogens with one attached hydrogen (secondary N) is 1. The van der Waals surface area contributed by atoms with Crippen LogP contribution in [0, 0.1) is 6.92 Å². The number of carbonyl (C=O) groups excluding carboxylic acids is 1. The van der Waals surface area contributed by atoms with Crippen LogP contribution in [0.2, 0.25) is 0 Å². The summed E-state index contributed by atoms with van der Waals surface area (Å²) in [4.78, 5) is 20.1. The van der Waals surface area contributed by atoms with Crippen molar-refractivity contribution < 1.29 is 4.79 Å². The van der Waals surface area contributed by atoms with Gasteiger partial charge in [0, 0.05) is 37.8 Å². The molecule has 6 nitrogen and oxygen atoms in total. The van der Waals surface area contributed by atoms with Crippen molar-refractivity contribution in [2.45, 2.75) is 25.8 Å². The highest BCUT2D eigenvalue weighted by Crippen LogP contribution is 2.24. The van der Waals surface area contributed by atoms with Gasteiger partial charge in [-0.3, -0.25) is 14.8 Å². The number of likely N-dealkylation sites (tertiary alicyclic amines) is 1. The number of hydrogen-bond acceptors (Lipinski definition) is 4. The summed E-state index contributed by atoms with van der Waals surface area (Å²) in [5, 5.41) is 7.17. The summed E-state index contributed by atoms with van der Waals surface area (Å²) in [6.45, 7) is 7.95. The second-order valence-corrected chi connectivity index (χ2v) is 7.89. The molecule has 1 N–H and O–H groups in total. The molecule has 3 heterocycles. The van der Waals surface area contributed by atoms with E-state index in [0.29, 0.717) is 11.6 Å². The zero-order valence-corrected chi connectivity index (χ0v) is 16.3. The number of nitrogens with zero attached hydrogens (tertiary/aromatic N) is 4. The molecule has 0 saturated carbocycles. The summed E-state index contributed by atoms with van der Waals surface area (Å²) < 4.78 is 0. The molecule has 1 amide bonds. The van der Waals surface area contributed by atoms with Crippen molar-refractivity contribution in [3.63, 3.8) is 0 Å². The van der Waals surface area contributed by atoms with E-state index < -0.39 is 0 Å². The summed E-state index contributed by atoms with van der Waals surface area (Å²) in [7, 11) is 2.20. The van der Waals surface area contributed by atoms with Crippen LogP contribution in [0.25, 0.3) is 11.3 Å². The zero-order valence-electron chi connectivity index (χ0n) is 16.3. The Labute approximate surface area is 161 Å². The summed E-state index contributed by atoms with van der Waals surface area (Å²) in [5.41, 5.74) is 3.68. The van der Waals surface area contributed by atoms with Crippen molar-refractivity contribution >= 4 is 5.91 Å². The molecule has 0 bridgehead atoms. The first-order valence-corrected chi connectivity index (χ1v) is 9.94. The summed E-state index contributed by atoms with van der Waals surface area (Å²) in [6.07, 6.45) is 4.15. The first kappa shape index (κ1) is 18.2. The van der Waals surface area contributed by atoms with Gasteiger partial charge in [0.2, 0.25) is 0 Å². The van der Waals surface area contributed by atoms with Crippen LogP contribution in [0.3, 0.4) is 0 Å². The Balaban J connectivity index is 1.41. The lowest BCUT2D eigenvalue weighted by atomic mass is 10.0. The number of benzene rings is 1. The van der Waals surface area contributed by atoms with Gasteiger partial charge in [0.15, 0.2) is 0 Å². The third-order valence-corrected chi connectivity index (χ3v) is 5.98. The van der Waals surface area contributed by atoms with Gasteiger partial charge in [0.05, 0.1) is 17.5 Å². The maximum absolute atomic E-state index is 13.1. The van der Waals surface area contributed by atoms with E-state index in [1.165, 1.54) is 31.5 Å². The van der Waals surface area contributed by atoms with Gasteiger partial charge in [-0.25, -0.2) is 0 Å². The van der Waals surface area contributed by atoms with Gasteiger partial charge in [-0.1, -0.05) is 23.8 Å². The second-order valence-electron chi connectivity index (χ2n) is 7.89. The maximum atomic E-state index is 13.1. The standard InChI is InChI=1S/C21H29N5O/c1-16-4-3-5-17(14-16)20-19(15-22-23-20)21(27)26-12-10-25(11-13-26)18-6-8-24(2)9-7-18/h3-5,14-15,18H,6-13H2,1-2H3,(H,22,23). The molecule has 1 aromatic heterocycles. The molecule has 1 aromatic carbocycles. The molecular weight excluding hydrogens is 338 g/mol. The first-order chi connectivity index (χ1) is 13.1. The molecule has 144 valence electrons. The van der Waals surface area contributed by atoms with E-state index in [1.807, 2.05) is 17.0 Å². The second kappa shape index (κ2) is 7.82. The van der Waals surface area contributed by atoms with Crippen molar-refractivity contribution in [3.8, 4) is 11.3 Å². The Morgan fingerprint density at radius 1 is 1.11 bits per heavy atom. The molecule has 27 heavy (non-hydrogen) atoms. The van der Waals surface area contributed by atoms with Gasteiger partial charge in [0.25, 0.3) is 5.91 Å². The lowest BCUT2D eigenvalue weighted by Crippen LogP contribution is -2.54. The average Bonchev–Trinajstić information content (AvgIpc) is 3.18. The molecule has 0 spiro atoms. The third-order valence-electron chi connectivity index (χ3n) is 5.98. The molecule has 2 aliphatic heterocycles. The Kier molecular flexibility index (Phi) is 5.27. The summed E-state index contributed by atoms with van der Waals surface area (Å²) >= 11 is 0. The van der Waals surface area contributed by atoms with E-state index in [2.05, 4.69) is 46.1 Å². The third kappa shape index (κ3) is 3.92. The lowest BCUT2D eigenvalue weighted by molar-refractivity contribution is 0.0475. The van der Waals surface area contributed by atoms with Gasteiger partial charge in [-0.15, -0.1) is 0 Å². The molecular formula is C21H29N5O. The Morgan fingerprint density at radius 2 is 1.85 bits per heavy atom. The van der Waals surface area contributed by atoms with Crippen LogP contribution in [0.15, 0.2) is 30.5 Å². The van der Waals surface area contributed by atoms with Crippen LogP contribution in [-0.2, 0) is 0 Å². The summed E-state index contributed by atoms with van der Waals surface area (Å²) in [5.74, 6) is 0.0864. The number of hydrogen-bond donors (Lipinski definition) is 1. The van der Waals surface area contributed by atoms with Crippen molar-refractivity contribution in [1.29, 1.82) is 0 Å². The normalized spacial score (nSPS) is 20.1. The Bertz CT molecular complexity index is 785. The van der Waals surface area contributed by atoms with Crippen LogP contribution in [0.5, 0.6) is 0 Å². The van der Waals surface area contributed by atoms with E-state index in [-0.39, 0.29) is 5.91 Å². The van der Waals surface area contributed by atoms with Crippen LogP contribution in [0.4, 0.5) is 0 Å². The maximum Gasteiger partial charge on any atom is 0.257 e. The van der Waals surface area contributed by atoms with Crippen LogP contribution in [-0.4, -0.2) is 83.2 Å². The van der Waals surface area contributed by atoms with Crippen molar-refractivity contribution in [2.75, 3.05) is 46.3 Å². The number of H-pyrrole nitrogens is 1. The topological polar surface area (TPSA) is 55.5 Å². The first-order valence-electron chi connectivity index (χ1n) is 9.94. The molecule has 2 fully saturated rings. The van der Waals surface area contributed by atoms with Gasteiger partial charge in [0.1, 0.15) is 0 Å². The van der Waals surface area contributed by atoms with Crippen LogP contribution in [0.1, 0.15) is 28.8 Å². The number of carbonyl (C=O) groups is 1. The quantitative estimate of drug-likeness (QED) is 0.904. The number of aromatic nitrogens is 2. The minimum absolute atomic E-state index is 0.0864. The fourth-order valence-electron chi connectivity index (χ4n) is 4.29. The minimum Gasteiger partial charge on any atom is -0.336 e. The average molecular weight is 367 g/mol. The number of aromatic amines is 1. The van der Waals surface area contributed by atoms with Gasteiger partial charge < -0.3 is 9.80 Å². The number of aryl methyl sites for hydroxylation is 1. The highest BCUT2D eigenvalue weighted by atomic mass is 16.2. The van der Waals surface area contributed by atoms with Crippen molar-refractivity contribution in [2.24, 2.45) is 0 Å². The van der Waals surface area contributed by atoms with E-state index in [4.69, 9.17) is 0 Å². The molecule has 0 unspecified atom stereocenters. The predicted molar refractivity (Wildman–Crippen MR) is 107 cm³/mol. The molecule has 6 heteroatoms. The van der Waals surface area contributed by atoms with E-state index >= 15 is 0 Å². The fraction of sp³-hybridized carbons (Fsp3) is 0.524. The Hall–Kier alpha value is -2.18. The molecule has 0 atom stereocenters.